The van der Waals surface area contributed by atoms with Gasteiger partial charge in [0.1, 0.15) is 0 Å². The fourth-order valence-electron chi connectivity index (χ4n) is 11.4. The predicted molar refractivity (Wildman–Crippen MR) is 293 cm³/mol. The lowest BCUT2D eigenvalue weighted by Crippen LogP contribution is -2.15. The first-order valence-corrected chi connectivity index (χ1v) is 24.3. The summed E-state index contributed by atoms with van der Waals surface area (Å²) in [5.41, 5.74) is 19.4. The second-order valence-electron chi connectivity index (χ2n) is 19.2. The van der Waals surface area contributed by atoms with E-state index in [0.29, 0.717) is 17.5 Å². The Morgan fingerprint density at radius 1 is 0.296 bits per heavy atom. The van der Waals surface area contributed by atoms with Crippen molar-refractivity contribution >= 4 is 43.6 Å². The Hall–Kier alpha value is -9.19. The van der Waals surface area contributed by atoms with E-state index in [1.54, 1.807) is 0 Å². The lowest BCUT2D eigenvalue weighted by atomic mass is 9.82. The summed E-state index contributed by atoms with van der Waals surface area (Å²) in [4.78, 5) is 15.5. The average Bonchev–Trinajstić information content (AvgIpc) is 4.04. The Bertz CT molecular complexity index is 4260. The van der Waals surface area contributed by atoms with E-state index in [9.17, 15) is 0 Å². The molecule has 0 amide bonds. The highest BCUT2D eigenvalue weighted by atomic mass is 15.0. The Balaban J connectivity index is 0.888. The smallest absolute Gasteiger partial charge is 0.164 e. The van der Waals surface area contributed by atoms with Crippen LogP contribution in [-0.2, 0) is 5.41 Å². The predicted octanol–water partition coefficient (Wildman–Crippen LogP) is 16.7. The maximum Gasteiger partial charge on any atom is 0.164 e. The fourth-order valence-corrected chi connectivity index (χ4v) is 11.4. The van der Waals surface area contributed by atoms with Crippen molar-refractivity contribution in [1.29, 1.82) is 0 Å². The molecular weight excluding hydrogens is 863 g/mol. The van der Waals surface area contributed by atoms with Gasteiger partial charge in [-0.25, -0.2) is 15.0 Å². The first-order chi connectivity index (χ1) is 35.0. The second-order valence-corrected chi connectivity index (χ2v) is 19.2. The van der Waals surface area contributed by atoms with Crippen molar-refractivity contribution in [1.82, 2.24) is 24.1 Å². The van der Waals surface area contributed by atoms with Gasteiger partial charge < -0.3 is 9.13 Å². The maximum atomic E-state index is 5.25. The molecule has 13 aromatic rings. The number of benzene rings is 10. The first-order valence-electron chi connectivity index (χ1n) is 24.3. The minimum absolute atomic E-state index is 0.149. The molecular formula is C66H45N5. The summed E-state index contributed by atoms with van der Waals surface area (Å²) < 4.78 is 4.81. The van der Waals surface area contributed by atoms with E-state index in [1.807, 2.05) is 18.2 Å². The minimum atomic E-state index is -0.149. The Morgan fingerprint density at radius 2 is 0.803 bits per heavy atom. The molecule has 334 valence electrons. The third-order valence-corrected chi connectivity index (χ3v) is 14.8. The van der Waals surface area contributed by atoms with Crippen molar-refractivity contribution in [2.24, 2.45) is 0 Å². The van der Waals surface area contributed by atoms with Crippen LogP contribution in [0, 0.1) is 0 Å². The molecule has 3 aromatic heterocycles. The zero-order valence-corrected chi connectivity index (χ0v) is 39.3. The summed E-state index contributed by atoms with van der Waals surface area (Å²) in [6.45, 7) is 4.62. The van der Waals surface area contributed by atoms with Crippen molar-refractivity contribution in [3.05, 3.63) is 248 Å². The third kappa shape index (κ3) is 6.51. The highest BCUT2D eigenvalue weighted by molar-refractivity contribution is 6.16. The molecule has 0 unspecified atom stereocenters. The van der Waals surface area contributed by atoms with E-state index >= 15 is 0 Å². The molecule has 0 bridgehead atoms. The van der Waals surface area contributed by atoms with Gasteiger partial charge in [-0.15, -0.1) is 0 Å². The van der Waals surface area contributed by atoms with E-state index in [4.69, 9.17) is 15.0 Å². The van der Waals surface area contributed by atoms with Gasteiger partial charge in [-0.3, -0.25) is 0 Å². The van der Waals surface area contributed by atoms with Gasteiger partial charge in [-0.1, -0.05) is 190 Å². The zero-order chi connectivity index (χ0) is 47.2. The Morgan fingerprint density at radius 3 is 1.62 bits per heavy atom. The van der Waals surface area contributed by atoms with E-state index < -0.39 is 0 Å². The summed E-state index contributed by atoms with van der Waals surface area (Å²) in [6.07, 6.45) is 0. The monoisotopic (exact) mass is 907 g/mol. The molecule has 0 saturated carbocycles. The fraction of sp³-hybridized carbons (Fsp3) is 0.0455. The molecule has 1 aliphatic carbocycles. The van der Waals surface area contributed by atoms with E-state index in [-0.39, 0.29) is 5.41 Å². The molecule has 0 spiro atoms. The Kier molecular flexibility index (Phi) is 9.17. The van der Waals surface area contributed by atoms with Gasteiger partial charge in [0.15, 0.2) is 17.5 Å². The third-order valence-electron chi connectivity index (χ3n) is 14.8. The average molecular weight is 908 g/mol. The van der Waals surface area contributed by atoms with Gasteiger partial charge in [0.05, 0.1) is 22.1 Å². The van der Waals surface area contributed by atoms with E-state index in [0.717, 1.165) is 50.2 Å². The standard InChI is InChI=1S/C66H45N5/c1-66(2)56-30-12-9-26-51(56)52-36-35-47(40-57(52)66)65-68-63(42-18-5-3-6-19-42)67-64(69-65)46-22-15-20-43(38-46)44-34-37-54-53-27-10-13-31-58(53)71(61(54)41-44)49-25-16-21-45(39-49)50-29-17-33-60-62(50)55-28-11-14-32-59(55)70(60)48-23-7-4-8-24-48/h3-41H,1-2H3. The minimum Gasteiger partial charge on any atom is -0.309 e. The van der Waals surface area contributed by atoms with Crippen molar-refractivity contribution in [3.63, 3.8) is 0 Å². The van der Waals surface area contributed by atoms with Crippen molar-refractivity contribution in [3.8, 4) is 78.9 Å². The largest absolute Gasteiger partial charge is 0.309 e. The van der Waals surface area contributed by atoms with Crippen LogP contribution in [0.5, 0.6) is 0 Å². The maximum absolute atomic E-state index is 5.25. The van der Waals surface area contributed by atoms with Gasteiger partial charge in [0.25, 0.3) is 0 Å². The van der Waals surface area contributed by atoms with Gasteiger partial charge in [0.2, 0.25) is 0 Å². The molecule has 0 saturated heterocycles. The number of nitrogens with zero attached hydrogens (tertiary/aromatic N) is 5. The van der Waals surface area contributed by atoms with Crippen LogP contribution in [0.2, 0.25) is 0 Å². The zero-order valence-electron chi connectivity index (χ0n) is 39.3. The highest BCUT2D eigenvalue weighted by Crippen LogP contribution is 2.49. The lowest BCUT2D eigenvalue weighted by Gasteiger charge is -2.21. The molecule has 71 heavy (non-hydrogen) atoms. The summed E-state index contributed by atoms with van der Waals surface area (Å²) in [7, 11) is 0. The molecule has 0 radical (unpaired) electrons. The normalized spacial score (nSPS) is 12.8. The van der Waals surface area contributed by atoms with Crippen LogP contribution in [0.1, 0.15) is 25.0 Å². The summed E-state index contributed by atoms with van der Waals surface area (Å²) in [5.74, 6) is 1.93. The molecule has 3 heterocycles. The van der Waals surface area contributed by atoms with E-state index in [2.05, 4.69) is 241 Å². The van der Waals surface area contributed by atoms with Crippen LogP contribution in [0.3, 0.4) is 0 Å². The molecule has 0 fully saturated rings. The number of hydrogen-bond donors (Lipinski definition) is 0. The van der Waals surface area contributed by atoms with Crippen molar-refractivity contribution < 1.29 is 0 Å². The summed E-state index contributed by atoms with van der Waals surface area (Å²) in [5, 5.41) is 4.90. The summed E-state index contributed by atoms with van der Waals surface area (Å²) >= 11 is 0. The topological polar surface area (TPSA) is 48.5 Å². The van der Waals surface area contributed by atoms with Crippen molar-refractivity contribution in [2.75, 3.05) is 0 Å². The highest BCUT2D eigenvalue weighted by Gasteiger charge is 2.35. The van der Waals surface area contributed by atoms with E-state index in [1.165, 1.54) is 66.0 Å². The number of aromatic nitrogens is 5. The second kappa shape index (κ2) is 15.9. The lowest BCUT2D eigenvalue weighted by molar-refractivity contribution is 0.660. The first kappa shape index (κ1) is 40.8. The number of para-hydroxylation sites is 3. The van der Waals surface area contributed by atoms with Gasteiger partial charge in [-0.2, -0.15) is 0 Å². The molecule has 0 N–H and O–H groups in total. The van der Waals surface area contributed by atoms with Gasteiger partial charge >= 0.3 is 0 Å². The molecule has 5 nitrogen and oxygen atoms in total. The van der Waals surface area contributed by atoms with Crippen molar-refractivity contribution in [2.45, 2.75) is 19.3 Å². The van der Waals surface area contributed by atoms with Crippen LogP contribution in [0.4, 0.5) is 0 Å². The number of rotatable bonds is 7. The summed E-state index contributed by atoms with van der Waals surface area (Å²) in [6, 6.07) is 85.1. The van der Waals surface area contributed by atoms with Crippen LogP contribution in [0.15, 0.2) is 237 Å². The molecule has 0 atom stereocenters. The quantitative estimate of drug-likeness (QED) is 0.160. The molecule has 10 aromatic carbocycles. The van der Waals surface area contributed by atoms with Crippen LogP contribution in [-0.4, -0.2) is 24.1 Å². The molecule has 0 aliphatic heterocycles. The van der Waals surface area contributed by atoms with Crippen LogP contribution < -0.4 is 0 Å². The molecule has 1 aliphatic rings. The number of fused-ring (bicyclic) bond motifs is 9. The molecule has 14 rings (SSSR count). The molecule has 5 heteroatoms. The number of hydrogen-bond acceptors (Lipinski definition) is 3. The van der Waals surface area contributed by atoms with Gasteiger partial charge in [-0.05, 0) is 105 Å². The Labute approximate surface area is 411 Å². The van der Waals surface area contributed by atoms with Crippen LogP contribution >= 0.6 is 0 Å². The SMILES string of the molecule is CC1(C)c2ccccc2-c2ccc(-c3nc(-c4ccccc4)nc(-c4cccc(-c5ccc6c7ccccc7n(-c7cccc(-c8cccc9c8c8ccccc8n9-c8ccccc8)c7)c6c5)c4)n3)cc21. The van der Waals surface area contributed by atoms with Gasteiger partial charge in [0, 0.05) is 55.0 Å². The van der Waals surface area contributed by atoms with Crippen LogP contribution in [0.25, 0.3) is 123 Å².